The molecule has 1 aromatic carbocycles. The highest BCUT2D eigenvalue weighted by Gasteiger charge is 2.17. The van der Waals surface area contributed by atoms with Crippen LogP contribution in [0.5, 0.6) is 0 Å². The van der Waals surface area contributed by atoms with Gasteiger partial charge in [-0.25, -0.2) is 0 Å². The lowest BCUT2D eigenvalue weighted by Crippen LogP contribution is -2.22. The lowest BCUT2D eigenvalue weighted by molar-refractivity contribution is 0.528. The Morgan fingerprint density at radius 1 is 1.18 bits per heavy atom. The van der Waals surface area contributed by atoms with Gasteiger partial charge in [0.1, 0.15) is 0 Å². The van der Waals surface area contributed by atoms with Crippen LogP contribution in [0, 0.1) is 16.7 Å². The van der Waals surface area contributed by atoms with Gasteiger partial charge in [0.05, 0.1) is 11.5 Å². The first kappa shape index (κ1) is 13.6. The molecule has 17 heavy (non-hydrogen) atoms. The topological polar surface area (TPSA) is 35.8 Å². The summed E-state index contributed by atoms with van der Waals surface area (Å²) >= 11 is 0. The minimum absolute atomic E-state index is 0.328. The Morgan fingerprint density at radius 2 is 1.71 bits per heavy atom. The standard InChI is InChI=1S/C15H22N2/c1-5-12-8-7-9-13(6-2)14(12)17-11-15(3,4)10-16/h7-9,17H,5-6,11H2,1-4H3. The molecular weight excluding hydrogens is 208 g/mol. The molecule has 0 atom stereocenters. The first-order valence-electron chi connectivity index (χ1n) is 6.30. The molecular formula is C15H22N2. The molecule has 0 saturated heterocycles. The Labute approximate surface area is 105 Å². The van der Waals surface area contributed by atoms with Gasteiger partial charge >= 0.3 is 0 Å². The third-order valence-corrected chi connectivity index (χ3v) is 3.01. The molecule has 1 N–H and O–H groups in total. The molecule has 2 heteroatoms. The van der Waals surface area contributed by atoms with Crippen molar-refractivity contribution in [2.45, 2.75) is 40.5 Å². The van der Waals surface area contributed by atoms with Crippen molar-refractivity contribution in [2.75, 3.05) is 11.9 Å². The van der Waals surface area contributed by atoms with Gasteiger partial charge in [-0.05, 0) is 37.8 Å². The number of aryl methyl sites for hydroxylation is 2. The second-order valence-electron chi connectivity index (χ2n) is 5.01. The quantitative estimate of drug-likeness (QED) is 0.835. The smallest absolute Gasteiger partial charge is 0.0702 e. The zero-order chi connectivity index (χ0) is 12.9. The van der Waals surface area contributed by atoms with Crippen molar-refractivity contribution in [3.8, 4) is 6.07 Å². The lowest BCUT2D eigenvalue weighted by Gasteiger charge is -2.20. The van der Waals surface area contributed by atoms with Gasteiger partial charge in [-0.2, -0.15) is 5.26 Å². The normalized spacial score (nSPS) is 11.0. The van der Waals surface area contributed by atoms with Gasteiger partial charge in [0.2, 0.25) is 0 Å². The highest BCUT2D eigenvalue weighted by atomic mass is 14.9. The first-order valence-corrected chi connectivity index (χ1v) is 6.30. The molecule has 0 saturated carbocycles. The van der Waals surface area contributed by atoms with E-state index in [-0.39, 0.29) is 5.41 Å². The summed E-state index contributed by atoms with van der Waals surface area (Å²) in [6.45, 7) is 8.93. The molecule has 1 rings (SSSR count). The van der Waals surface area contributed by atoms with Crippen molar-refractivity contribution in [3.05, 3.63) is 29.3 Å². The predicted molar refractivity (Wildman–Crippen MR) is 73.1 cm³/mol. The highest BCUT2D eigenvalue weighted by Crippen LogP contribution is 2.24. The highest BCUT2D eigenvalue weighted by molar-refractivity contribution is 5.58. The van der Waals surface area contributed by atoms with Gasteiger partial charge in [0, 0.05) is 12.2 Å². The summed E-state index contributed by atoms with van der Waals surface area (Å²) in [6.07, 6.45) is 2.03. The van der Waals surface area contributed by atoms with Gasteiger partial charge in [-0.3, -0.25) is 0 Å². The minimum Gasteiger partial charge on any atom is -0.383 e. The van der Waals surface area contributed by atoms with Crippen LogP contribution < -0.4 is 5.32 Å². The van der Waals surface area contributed by atoms with Crippen LogP contribution in [0.2, 0.25) is 0 Å². The second-order valence-corrected chi connectivity index (χ2v) is 5.01. The Kier molecular flexibility index (Phi) is 4.57. The fourth-order valence-corrected chi connectivity index (χ4v) is 1.82. The number of nitrogens with one attached hydrogen (secondary N) is 1. The molecule has 0 radical (unpaired) electrons. The lowest BCUT2D eigenvalue weighted by atomic mass is 9.95. The Balaban J connectivity index is 2.93. The van der Waals surface area contributed by atoms with Crippen molar-refractivity contribution < 1.29 is 0 Å². The van der Waals surface area contributed by atoms with Crippen LogP contribution in [0.25, 0.3) is 0 Å². The summed E-state index contributed by atoms with van der Waals surface area (Å²) in [5.41, 5.74) is 3.56. The molecule has 92 valence electrons. The van der Waals surface area contributed by atoms with Crippen LogP contribution in [0.3, 0.4) is 0 Å². The van der Waals surface area contributed by atoms with E-state index in [0.29, 0.717) is 6.54 Å². The van der Waals surface area contributed by atoms with E-state index in [4.69, 9.17) is 5.26 Å². The fraction of sp³-hybridized carbons (Fsp3) is 0.533. The maximum atomic E-state index is 9.04. The van der Waals surface area contributed by atoms with Crippen LogP contribution in [0.1, 0.15) is 38.8 Å². The number of nitriles is 1. The van der Waals surface area contributed by atoms with Crippen molar-refractivity contribution in [1.82, 2.24) is 0 Å². The molecule has 0 spiro atoms. The van der Waals surface area contributed by atoms with Gasteiger partial charge < -0.3 is 5.32 Å². The number of rotatable bonds is 5. The van der Waals surface area contributed by atoms with Crippen LogP contribution in [0.4, 0.5) is 5.69 Å². The van der Waals surface area contributed by atoms with E-state index in [1.54, 1.807) is 0 Å². The molecule has 0 aliphatic carbocycles. The van der Waals surface area contributed by atoms with Gasteiger partial charge in [0.15, 0.2) is 0 Å². The number of anilines is 1. The molecule has 1 aromatic rings. The van der Waals surface area contributed by atoms with Crippen LogP contribution in [-0.2, 0) is 12.8 Å². The minimum atomic E-state index is -0.328. The monoisotopic (exact) mass is 230 g/mol. The summed E-state index contributed by atoms with van der Waals surface area (Å²) in [6, 6.07) is 8.74. The Morgan fingerprint density at radius 3 is 2.12 bits per heavy atom. The number of hydrogen-bond acceptors (Lipinski definition) is 2. The van der Waals surface area contributed by atoms with E-state index >= 15 is 0 Å². The molecule has 0 heterocycles. The second kappa shape index (κ2) is 5.72. The van der Waals surface area contributed by atoms with Crippen LogP contribution in [-0.4, -0.2) is 6.54 Å². The van der Waals surface area contributed by atoms with Gasteiger partial charge in [0.25, 0.3) is 0 Å². The molecule has 0 unspecified atom stereocenters. The molecule has 0 fully saturated rings. The average molecular weight is 230 g/mol. The number of para-hydroxylation sites is 1. The zero-order valence-electron chi connectivity index (χ0n) is 11.3. The van der Waals surface area contributed by atoms with E-state index in [1.807, 2.05) is 13.8 Å². The van der Waals surface area contributed by atoms with Gasteiger partial charge in [-0.15, -0.1) is 0 Å². The summed E-state index contributed by atoms with van der Waals surface area (Å²) in [4.78, 5) is 0. The SMILES string of the molecule is CCc1cccc(CC)c1NCC(C)(C)C#N. The van der Waals surface area contributed by atoms with Crippen molar-refractivity contribution >= 4 is 5.69 Å². The van der Waals surface area contributed by atoms with Gasteiger partial charge in [-0.1, -0.05) is 32.0 Å². The fourth-order valence-electron chi connectivity index (χ4n) is 1.82. The van der Waals surface area contributed by atoms with Crippen LogP contribution >= 0.6 is 0 Å². The summed E-state index contributed by atoms with van der Waals surface area (Å²) < 4.78 is 0. The number of nitrogens with zero attached hydrogens (tertiary/aromatic N) is 1. The van der Waals surface area contributed by atoms with Crippen molar-refractivity contribution in [3.63, 3.8) is 0 Å². The third-order valence-electron chi connectivity index (χ3n) is 3.01. The van der Waals surface area contributed by atoms with E-state index in [1.165, 1.54) is 16.8 Å². The number of hydrogen-bond donors (Lipinski definition) is 1. The molecule has 2 nitrogen and oxygen atoms in total. The predicted octanol–water partition coefficient (Wildman–Crippen LogP) is 3.77. The largest absolute Gasteiger partial charge is 0.383 e. The molecule has 0 aliphatic heterocycles. The molecule has 0 amide bonds. The zero-order valence-corrected chi connectivity index (χ0v) is 11.3. The maximum Gasteiger partial charge on any atom is 0.0702 e. The van der Waals surface area contributed by atoms with E-state index in [0.717, 1.165) is 12.8 Å². The van der Waals surface area contributed by atoms with Crippen molar-refractivity contribution in [2.24, 2.45) is 5.41 Å². The van der Waals surface area contributed by atoms with Crippen LogP contribution in [0.15, 0.2) is 18.2 Å². The maximum absolute atomic E-state index is 9.04. The summed E-state index contributed by atoms with van der Waals surface area (Å²) in [5.74, 6) is 0. The molecule has 0 aliphatic rings. The molecule has 0 aromatic heterocycles. The average Bonchev–Trinajstić information content (AvgIpc) is 2.35. The van der Waals surface area contributed by atoms with E-state index < -0.39 is 0 Å². The Hall–Kier alpha value is -1.49. The summed E-state index contributed by atoms with van der Waals surface area (Å²) in [7, 11) is 0. The van der Waals surface area contributed by atoms with E-state index in [2.05, 4.69) is 43.4 Å². The summed E-state index contributed by atoms with van der Waals surface area (Å²) in [5, 5.41) is 12.5. The van der Waals surface area contributed by atoms with Crippen molar-refractivity contribution in [1.29, 1.82) is 5.26 Å². The molecule has 0 bridgehead atoms. The Bertz CT molecular complexity index is 391. The van der Waals surface area contributed by atoms with E-state index in [9.17, 15) is 0 Å². The first-order chi connectivity index (χ1) is 8.04. The number of benzene rings is 1. The third kappa shape index (κ3) is 3.49.